The van der Waals surface area contributed by atoms with Crippen molar-refractivity contribution in [3.05, 3.63) is 73.6 Å². The fourth-order valence-electron chi connectivity index (χ4n) is 4.75. The molecule has 37 heavy (non-hydrogen) atoms. The van der Waals surface area contributed by atoms with E-state index in [0.717, 1.165) is 37.6 Å². The van der Waals surface area contributed by atoms with E-state index in [4.69, 9.17) is 11.6 Å². The van der Waals surface area contributed by atoms with Gasteiger partial charge in [-0.15, -0.1) is 0 Å². The zero-order valence-corrected chi connectivity index (χ0v) is 21.8. The van der Waals surface area contributed by atoms with E-state index in [1.54, 1.807) is 18.3 Å². The number of rotatable bonds is 5. The molecule has 0 amide bonds. The Kier molecular flexibility index (Phi) is 6.99. The third kappa shape index (κ3) is 5.37. The molecule has 3 aromatic rings. The summed E-state index contributed by atoms with van der Waals surface area (Å²) in [5, 5.41) is 20.9. The number of alkyl halides is 3. The third-order valence-electron chi connectivity index (χ3n) is 6.89. The van der Waals surface area contributed by atoms with Crippen LogP contribution >= 0.6 is 22.9 Å². The summed E-state index contributed by atoms with van der Waals surface area (Å²) in [7, 11) is 4.04. The van der Waals surface area contributed by atoms with Gasteiger partial charge in [-0.3, -0.25) is 0 Å². The number of thiazole rings is 1. The van der Waals surface area contributed by atoms with Crippen molar-refractivity contribution in [2.24, 2.45) is 10.2 Å². The van der Waals surface area contributed by atoms with Gasteiger partial charge < -0.3 is 14.9 Å². The smallest absolute Gasteiger partial charge is 0.416 e. The van der Waals surface area contributed by atoms with Crippen molar-refractivity contribution in [1.29, 1.82) is 0 Å². The van der Waals surface area contributed by atoms with Gasteiger partial charge >= 0.3 is 6.18 Å². The van der Waals surface area contributed by atoms with Crippen molar-refractivity contribution < 1.29 is 18.3 Å². The molecule has 0 bridgehead atoms. The second-order valence-electron chi connectivity index (χ2n) is 9.37. The van der Waals surface area contributed by atoms with Gasteiger partial charge in [0, 0.05) is 30.1 Å². The average Bonchev–Trinajstić information content (AvgIpc) is 3.48. The quantitative estimate of drug-likeness (QED) is 0.512. The highest BCUT2D eigenvalue weighted by atomic mass is 35.5. The van der Waals surface area contributed by atoms with E-state index in [9.17, 15) is 18.3 Å². The first-order chi connectivity index (χ1) is 17.6. The molecule has 6 nitrogen and oxygen atoms in total. The van der Waals surface area contributed by atoms with Crippen LogP contribution in [0.1, 0.15) is 34.4 Å². The molecule has 0 aliphatic carbocycles. The first kappa shape index (κ1) is 25.7. The SMILES string of the molecule is CN1CCC(N(C)c2nc(O)c(C(Cc3ccc(Cl)cc3C(F)(F)F)=c3ccc4c(c3)C=NN=4)s2)CC1. The Morgan fingerprint density at radius 2 is 1.95 bits per heavy atom. The lowest BCUT2D eigenvalue weighted by molar-refractivity contribution is -0.138. The van der Waals surface area contributed by atoms with Crippen LogP contribution in [0, 0.1) is 0 Å². The number of anilines is 1. The highest BCUT2D eigenvalue weighted by Gasteiger charge is 2.34. The second-order valence-corrected chi connectivity index (χ2v) is 10.8. The van der Waals surface area contributed by atoms with Crippen molar-refractivity contribution in [2.45, 2.75) is 31.5 Å². The standard InChI is InChI=1S/C26H25ClF3N5OS/c1-34-9-7-19(8-10-34)35(2)25-32-24(36)23(37-25)20(15-4-6-22-17(11-15)14-31-33-22)12-16-3-5-18(27)13-21(16)26(28,29)30/h3-6,11,13-14,19,36H,7-10,12H2,1-2H3. The van der Waals surface area contributed by atoms with Crippen LogP contribution in [0.25, 0.3) is 5.57 Å². The summed E-state index contributed by atoms with van der Waals surface area (Å²) in [5.74, 6) is -0.198. The van der Waals surface area contributed by atoms with Crippen LogP contribution in [0.5, 0.6) is 5.88 Å². The average molecular weight is 548 g/mol. The molecular weight excluding hydrogens is 523 g/mol. The molecule has 1 aromatic heterocycles. The third-order valence-corrected chi connectivity index (χ3v) is 8.32. The Morgan fingerprint density at radius 3 is 2.68 bits per heavy atom. The van der Waals surface area contributed by atoms with Gasteiger partial charge in [-0.1, -0.05) is 35.1 Å². The molecule has 2 aliphatic rings. The number of benzene rings is 2. The molecule has 1 N–H and O–H groups in total. The fraction of sp³-hybridized carbons (Fsp3) is 0.346. The molecule has 0 radical (unpaired) electrons. The summed E-state index contributed by atoms with van der Waals surface area (Å²) in [4.78, 5) is 9.20. The second kappa shape index (κ2) is 10.1. The highest BCUT2D eigenvalue weighted by Crippen LogP contribution is 2.40. The number of hydrogen-bond donors (Lipinski definition) is 1. The van der Waals surface area contributed by atoms with E-state index < -0.39 is 11.7 Å². The number of fused-ring (bicyclic) bond motifs is 1. The van der Waals surface area contributed by atoms with Gasteiger partial charge in [-0.2, -0.15) is 28.4 Å². The summed E-state index contributed by atoms with van der Waals surface area (Å²) in [6.07, 6.45) is -1.12. The Morgan fingerprint density at radius 1 is 1.19 bits per heavy atom. The maximum Gasteiger partial charge on any atom is 0.416 e. The molecule has 194 valence electrons. The van der Waals surface area contributed by atoms with Gasteiger partial charge in [0.15, 0.2) is 5.13 Å². The minimum absolute atomic E-state index is 0.00987. The normalized spacial score (nSPS) is 17.0. The monoisotopic (exact) mass is 547 g/mol. The van der Waals surface area contributed by atoms with Gasteiger partial charge in [-0.25, -0.2) is 0 Å². The number of aromatic nitrogens is 1. The van der Waals surface area contributed by atoms with Gasteiger partial charge in [0.2, 0.25) is 5.88 Å². The Balaban J connectivity index is 1.62. The van der Waals surface area contributed by atoms with E-state index in [0.29, 0.717) is 26.2 Å². The van der Waals surface area contributed by atoms with Crippen LogP contribution in [-0.2, 0) is 12.6 Å². The summed E-state index contributed by atoms with van der Waals surface area (Å²) >= 11 is 7.20. The fourth-order valence-corrected chi connectivity index (χ4v) is 5.98. The zero-order chi connectivity index (χ0) is 26.3. The van der Waals surface area contributed by atoms with Crippen LogP contribution in [-0.4, -0.2) is 54.4 Å². The summed E-state index contributed by atoms with van der Waals surface area (Å²) in [6.45, 7) is 1.93. The van der Waals surface area contributed by atoms with Crippen LogP contribution < -0.4 is 15.5 Å². The summed E-state index contributed by atoms with van der Waals surface area (Å²) < 4.78 is 41.8. The Labute approximate surface area is 221 Å². The number of hydrogen-bond acceptors (Lipinski definition) is 7. The predicted octanol–water partition coefficient (Wildman–Crippen LogP) is 4.46. The first-order valence-corrected chi connectivity index (χ1v) is 13.0. The molecule has 11 heteroatoms. The van der Waals surface area contributed by atoms with Crippen LogP contribution in [0.2, 0.25) is 5.02 Å². The van der Waals surface area contributed by atoms with Gasteiger partial charge in [0.25, 0.3) is 0 Å². The molecule has 5 rings (SSSR count). The lowest BCUT2D eigenvalue weighted by Gasteiger charge is -2.34. The van der Waals surface area contributed by atoms with Crippen molar-refractivity contribution in [3.8, 4) is 5.88 Å². The lowest BCUT2D eigenvalue weighted by atomic mass is 9.96. The van der Waals surface area contributed by atoms with Crippen molar-refractivity contribution in [3.63, 3.8) is 0 Å². The predicted molar refractivity (Wildman–Crippen MR) is 140 cm³/mol. The highest BCUT2D eigenvalue weighted by molar-refractivity contribution is 7.17. The minimum atomic E-state index is -4.58. The molecule has 0 spiro atoms. The van der Waals surface area contributed by atoms with E-state index >= 15 is 0 Å². The number of halogens is 4. The maximum atomic E-state index is 13.9. The van der Waals surface area contributed by atoms with E-state index in [2.05, 4.69) is 32.0 Å². The largest absolute Gasteiger partial charge is 0.492 e. The molecule has 0 atom stereocenters. The Hall–Kier alpha value is -2.95. The lowest BCUT2D eigenvalue weighted by Crippen LogP contribution is -2.41. The van der Waals surface area contributed by atoms with Crippen LogP contribution in [0.3, 0.4) is 0 Å². The van der Waals surface area contributed by atoms with Crippen molar-refractivity contribution in [1.82, 2.24) is 9.88 Å². The molecule has 3 heterocycles. The molecule has 2 aliphatic heterocycles. The van der Waals surface area contributed by atoms with Crippen molar-refractivity contribution >= 4 is 39.9 Å². The van der Waals surface area contributed by atoms with Gasteiger partial charge in [0.05, 0.1) is 22.0 Å². The number of aromatic hydroxyl groups is 1. The molecule has 0 saturated carbocycles. The first-order valence-electron chi connectivity index (χ1n) is 11.8. The summed E-state index contributed by atoms with van der Waals surface area (Å²) in [5.41, 5.74) is 0.551. The topological polar surface area (TPSA) is 64.3 Å². The molecule has 1 fully saturated rings. The van der Waals surface area contributed by atoms with E-state index in [1.807, 2.05) is 13.1 Å². The minimum Gasteiger partial charge on any atom is -0.492 e. The number of likely N-dealkylation sites (tertiary alicyclic amines) is 1. The van der Waals surface area contributed by atoms with E-state index in [-0.39, 0.29) is 28.9 Å². The zero-order valence-electron chi connectivity index (χ0n) is 20.3. The van der Waals surface area contributed by atoms with Crippen LogP contribution in [0.4, 0.5) is 18.3 Å². The van der Waals surface area contributed by atoms with Gasteiger partial charge in [0.1, 0.15) is 0 Å². The van der Waals surface area contributed by atoms with Crippen LogP contribution in [0.15, 0.2) is 46.6 Å². The molecule has 1 saturated heterocycles. The van der Waals surface area contributed by atoms with Crippen molar-refractivity contribution in [2.75, 3.05) is 32.1 Å². The molecule has 2 aromatic carbocycles. The number of piperidine rings is 1. The van der Waals surface area contributed by atoms with E-state index in [1.165, 1.54) is 23.5 Å². The molecule has 0 unspecified atom stereocenters. The summed E-state index contributed by atoms with van der Waals surface area (Å²) in [6, 6.07) is 9.43. The van der Waals surface area contributed by atoms with Gasteiger partial charge in [-0.05, 0) is 73.6 Å². The maximum absolute atomic E-state index is 13.9. The Bertz CT molecular complexity index is 1480. The molecular formula is C26H25ClF3N5OS. The number of nitrogens with zero attached hydrogens (tertiary/aromatic N) is 5.